The zero-order chi connectivity index (χ0) is 21.5. The Hall–Kier alpha value is -2.58. The maximum absolute atomic E-state index is 12.4. The number of nitrogens with one attached hydrogen (secondary N) is 2. The summed E-state index contributed by atoms with van der Waals surface area (Å²) in [6, 6.07) is 6.12. The molecule has 0 aliphatic carbocycles. The lowest BCUT2D eigenvalue weighted by molar-refractivity contribution is 0.344. The molecule has 30 heavy (non-hydrogen) atoms. The number of hydrogen-bond acceptors (Lipinski definition) is 7. The number of aromatic amines is 1. The fourth-order valence-electron chi connectivity index (χ4n) is 2.97. The highest BCUT2D eigenvalue weighted by Gasteiger charge is 2.06. The molecule has 7 nitrogen and oxygen atoms in total. The average molecular weight is 428 g/mol. The number of pyridine rings is 1. The van der Waals surface area contributed by atoms with E-state index in [0.717, 1.165) is 46.4 Å². The van der Waals surface area contributed by atoms with E-state index in [0.29, 0.717) is 24.5 Å². The first kappa shape index (κ1) is 22.1. The number of hydrogen-bond donors (Lipinski definition) is 2. The van der Waals surface area contributed by atoms with Crippen LogP contribution in [-0.4, -0.2) is 46.2 Å². The SMILES string of the molecule is Cc1cc(Cc2cnc(NCCSCc3ccc(CN(C)C)o3)[nH]c2=O)cnc1C. The summed E-state index contributed by atoms with van der Waals surface area (Å²) in [5, 5.41) is 3.17. The highest BCUT2D eigenvalue weighted by Crippen LogP contribution is 2.16. The maximum atomic E-state index is 12.4. The molecule has 0 aromatic carbocycles. The molecule has 0 atom stereocenters. The number of aromatic nitrogens is 3. The number of rotatable bonds is 10. The molecular weight excluding hydrogens is 398 g/mol. The zero-order valence-electron chi connectivity index (χ0n) is 18.0. The number of thioether (sulfide) groups is 1. The lowest BCUT2D eigenvalue weighted by atomic mass is 10.1. The summed E-state index contributed by atoms with van der Waals surface area (Å²) >= 11 is 1.77. The van der Waals surface area contributed by atoms with E-state index < -0.39 is 0 Å². The fourth-order valence-corrected chi connectivity index (χ4v) is 3.71. The number of nitrogens with zero attached hydrogens (tertiary/aromatic N) is 3. The van der Waals surface area contributed by atoms with Gasteiger partial charge >= 0.3 is 0 Å². The minimum Gasteiger partial charge on any atom is -0.464 e. The van der Waals surface area contributed by atoms with Crippen molar-refractivity contribution >= 4 is 17.7 Å². The Morgan fingerprint density at radius 3 is 2.70 bits per heavy atom. The van der Waals surface area contributed by atoms with Crippen LogP contribution < -0.4 is 10.9 Å². The first-order valence-electron chi connectivity index (χ1n) is 9.95. The van der Waals surface area contributed by atoms with Crippen molar-refractivity contribution in [3.8, 4) is 0 Å². The quantitative estimate of drug-likeness (QED) is 0.480. The molecule has 0 aliphatic rings. The van der Waals surface area contributed by atoms with Gasteiger partial charge in [-0.3, -0.25) is 14.8 Å². The number of H-pyrrole nitrogens is 1. The monoisotopic (exact) mass is 427 g/mol. The van der Waals surface area contributed by atoms with E-state index >= 15 is 0 Å². The first-order valence-corrected chi connectivity index (χ1v) is 11.1. The second-order valence-corrected chi connectivity index (χ2v) is 8.70. The van der Waals surface area contributed by atoms with Gasteiger partial charge in [-0.2, -0.15) is 11.8 Å². The van der Waals surface area contributed by atoms with Crippen molar-refractivity contribution in [3.63, 3.8) is 0 Å². The summed E-state index contributed by atoms with van der Waals surface area (Å²) in [7, 11) is 4.04. The van der Waals surface area contributed by atoms with Gasteiger partial charge in [-0.15, -0.1) is 0 Å². The summed E-state index contributed by atoms with van der Waals surface area (Å²) in [5.74, 6) is 4.15. The Labute approximate surface area is 181 Å². The molecule has 0 amide bonds. The van der Waals surface area contributed by atoms with Gasteiger partial charge in [-0.1, -0.05) is 6.07 Å². The molecule has 0 radical (unpaired) electrons. The fraction of sp³-hybridized carbons (Fsp3) is 0.409. The van der Waals surface area contributed by atoms with Gasteiger partial charge < -0.3 is 14.6 Å². The van der Waals surface area contributed by atoms with E-state index in [1.54, 1.807) is 18.0 Å². The van der Waals surface area contributed by atoms with Crippen LogP contribution in [0.25, 0.3) is 0 Å². The molecule has 0 saturated carbocycles. The second kappa shape index (κ2) is 10.4. The first-order chi connectivity index (χ1) is 14.4. The maximum Gasteiger partial charge on any atom is 0.255 e. The highest BCUT2D eigenvalue weighted by molar-refractivity contribution is 7.98. The van der Waals surface area contributed by atoms with Crippen molar-refractivity contribution < 1.29 is 4.42 Å². The third kappa shape index (κ3) is 6.47. The van der Waals surface area contributed by atoms with Crippen LogP contribution in [-0.2, 0) is 18.7 Å². The van der Waals surface area contributed by atoms with Gasteiger partial charge in [0.15, 0.2) is 0 Å². The summed E-state index contributed by atoms with van der Waals surface area (Å²) < 4.78 is 5.80. The van der Waals surface area contributed by atoms with Crippen LogP contribution in [0.15, 0.2) is 39.8 Å². The van der Waals surface area contributed by atoms with Gasteiger partial charge in [0.2, 0.25) is 5.95 Å². The topological polar surface area (TPSA) is 87.0 Å². The largest absolute Gasteiger partial charge is 0.464 e. The standard InChI is InChI=1S/C22H29N5O2S/c1-15-9-17(11-24-16(15)2)10-18-12-25-22(26-21(18)28)23-7-8-30-14-20-6-5-19(29-20)13-27(3)4/h5-6,9,11-12H,7-8,10,13-14H2,1-4H3,(H2,23,25,26,28). The van der Waals surface area contributed by atoms with E-state index in [-0.39, 0.29) is 5.56 Å². The third-order valence-corrected chi connectivity index (χ3v) is 5.62. The Bertz CT molecular complexity index is 1030. The molecule has 0 spiro atoms. The van der Waals surface area contributed by atoms with Gasteiger partial charge in [0.05, 0.1) is 12.3 Å². The molecule has 2 N–H and O–H groups in total. The molecule has 3 rings (SSSR count). The molecule has 0 fully saturated rings. The van der Waals surface area contributed by atoms with Crippen molar-refractivity contribution in [1.29, 1.82) is 0 Å². The van der Waals surface area contributed by atoms with E-state index in [9.17, 15) is 4.79 Å². The molecule has 0 bridgehead atoms. The third-order valence-electron chi connectivity index (χ3n) is 4.64. The summed E-state index contributed by atoms with van der Waals surface area (Å²) in [6.45, 7) is 5.51. The molecule has 0 saturated heterocycles. The van der Waals surface area contributed by atoms with Crippen molar-refractivity contribution in [2.75, 3.05) is 31.7 Å². The zero-order valence-corrected chi connectivity index (χ0v) is 18.8. The molecule has 8 heteroatoms. The smallest absolute Gasteiger partial charge is 0.255 e. The van der Waals surface area contributed by atoms with Crippen molar-refractivity contribution in [1.82, 2.24) is 19.9 Å². The van der Waals surface area contributed by atoms with Crippen LogP contribution in [0, 0.1) is 13.8 Å². The van der Waals surface area contributed by atoms with E-state index in [1.807, 2.05) is 46.3 Å². The van der Waals surface area contributed by atoms with Crippen LogP contribution in [0.4, 0.5) is 5.95 Å². The normalized spacial score (nSPS) is 11.2. The van der Waals surface area contributed by atoms with Crippen LogP contribution >= 0.6 is 11.8 Å². The lowest BCUT2D eigenvalue weighted by Gasteiger charge is -2.07. The van der Waals surface area contributed by atoms with Crippen LogP contribution in [0.1, 0.15) is 33.9 Å². The van der Waals surface area contributed by atoms with Crippen molar-refractivity contribution in [3.05, 3.63) is 74.9 Å². The molecular formula is C22H29N5O2S. The van der Waals surface area contributed by atoms with Crippen molar-refractivity contribution in [2.24, 2.45) is 0 Å². The van der Waals surface area contributed by atoms with Gasteiger partial charge in [-0.25, -0.2) is 4.98 Å². The Morgan fingerprint density at radius 2 is 1.97 bits per heavy atom. The van der Waals surface area contributed by atoms with Crippen LogP contribution in [0.3, 0.4) is 0 Å². The van der Waals surface area contributed by atoms with E-state index in [2.05, 4.69) is 31.2 Å². The van der Waals surface area contributed by atoms with E-state index in [4.69, 9.17) is 4.42 Å². The Balaban J connectivity index is 1.44. The molecule has 160 valence electrons. The molecule has 0 unspecified atom stereocenters. The Morgan fingerprint density at radius 1 is 1.17 bits per heavy atom. The predicted molar refractivity (Wildman–Crippen MR) is 122 cm³/mol. The molecule has 3 aromatic heterocycles. The summed E-state index contributed by atoms with van der Waals surface area (Å²) in [6.07, 6.45) is 3.97. The van der Waals surface area contributed by atoms with Gasteiger partial charge in [-0.05, 0) is 51.2 Å². The molecule has 0 aliphatic heterocycles. The number of furan rings is 1. The summed E-state index contributed by atoms with van der Waals surface area (Å²) in [5.41, 5.74) is 3.64. The minimum absolute atomic E-state index is 0.123. The molecule has 3 aromatic rings. The number of aryl methyl sites for hydroxylation is 2. The van der Waals surface area contributed by atoms with Crippen LogP contribution in [0.2, 0.25) is 0 Å². The van der Waals surface area contributed by atoms with Gasteiger partial charge in [0.25, 0.3) is 5.56 Å². The highest BCUT2D eigenvalue weighted by atomic mass is 32.2. The van der Waals surface area contributed by atoms with Gasteiger partial charge in [0.1, 0.15) is 11.5 Å². The van der Waals surface area contributed by atoms with E-state index in [1.165, 1.54) is 0 Å². The van der Waals surface area contributed by atoms with Crippen molar-refractivity contribution in [2.45, 2.75) is 32.6 Å². The predicted octanol–water partition coefficient (Wildman–Crippen LogP) is 3.37. The Kier molecular flexibility index (Phi) is 7.70. The summed E-state index contributed by atoms with van der Waals surface area (Å²) in [4.78, 5) is 26.0. The minimum atomic E-state index is -0.123. The van der Waals surface area contributed by atoms with Crippen LogP contribution in [0.5, 0.6) is 0 Å². The average Bonchev–Trinajstić information content (AvgIpc) is 3.13. The molecule has 3 heterocycles. The lowest BCUT2D eigenvalue weighted by Crippen LogP contribution is -2.18. The second-order valence-electron chi connectivity index (χ2n) is 7.59. The van der Waals surface area contributed by atoms with Gasteiger partial charge in [0, 0.05) is 42.4 Å². The number of anilines is 1.